The Morgan fingerprint density at radius 2 is 2.12 bits per heavy atom. The van der Waals surface area contributed by atoms with Crippen molar-refractivity contribution in [3.63, 3.8) is 0 Å². The molecule has 1 saturated heterocycles. The Labute approximate surface area is 107 Å². The van der Waals surface area contributed by atoms with Gasteiger partial charge in [-0.25, -0.2) is 4.39 Å². The Bertz CT molecular complexity index is 376. The van der Waals surface area contributed by atoms with Crippen LogP contribution in [0.5, 0.6) is 0 Å². The molecule has 94 valence electrons. The summed E-state index contributed by atoms with van der Waals surface area (Å²) in [5.41, 5.74) is 0.632. The lowest BCUT2D eigenvalue weighted by Gasteiger charge is -2.34. The third-order valence-corrected chi connectivity index (χ3v) is 3.55. The van der Waals surface area contributed by atoms with Crippen LogP contribution in [0, 0.1) is 5.82 Å². The highest BCUT2D eigenvalue weighted by atomic mass is 35.5. The minimum Gasteiger partial charge on any atom is -0.369 e. The lowest BCUT2D eigenvalue weighted by molar-refractivity contribution is 0.421. The lowest BCUT2D eigenvalue weighted by atomic mass is 10.0. The summed E-state index contributed by atoms with van der Waals surface area (Å²) in [7, 11) is 0. The first kappa shape index (κ1) is 12.7. The Kier molecular flexibility index (Phi) is 4.24. The molecule has 4 heteroatoms. The van der Waals surface area contributed by atoms with Crippen LogP contribution in [0.15, 0.2) is 18.2 Å². The van der Waals surface area contributed by atoms with E-state index in [-0.39, 0.29) is 10.8 Å². The monoisotopic (exact) mass is 256 g/mol. The van der Waals surface area contributed by atoms with E-state index in [0.717, 1.165) is 32.5 Å². The number of hydrogen-bond acceptors (Lipinski definition) is 2. The van der Waals surface area contributed by atoms with Gasteiger partial charge in [-0.05, 0) is 31.5 Å². The standard InChI is InChI=1S/C13H18ClFN2/c1-2-16-10-6-8-17(9-7-10)12-5-3-4-11(14)13(12)15/h3-5,10,16H,2,6-9H2,1H3. The van der Waals surface area contributed by atoms with Gasteiger partial charge in [0.2, 0.25) is 0 Å². The zero-order valence-corrected chi connectivity index (χ0v) is 10.8. The molecular formula is C13H18ClFN2. The van der Waals surface area contributed by atoms with Crippen LogP contribution in [0.3, 0.4) is 0 Å². The zero-order chi connectivity index (χ0) is 12.3. The molecule has 17 heavy (non-hydrogen) atoms. The highest BCUT2D eigenvalue weighted by molar-refractivity contribution is 6.31. The fourth-order valence-corrected chi connectivity index (χ4v) is 2.52. The molecule has 1 aromatic rings. The summed E-state index contributed by atoms with van der Waals surface area (Å²) >= 11 is 5.80. The van der Waals surface area contributed by atoms with Gasteiger partial charge >= 0.3 is 0 Å². The zero-order valence-electron chi connectivity index (χ0n) is 10.0. The fourth-order valence-electron chi connectivity index (χ4n) is 2.35. The van der Waals surface area contributed by atoms with Crippen LogP contribution in [0.1, 0.15) is 19.8 Å². The van der Waals surface area contributed by atoms with Crippen LogP contribution in [0.2, 0.25) is 5.02 Å². The normalized spacial score (nSPS) is 17.5. The SMILES string of the molecule is CCNC1CCN(c2cccc(Cl)c2F)CC1. The van der Waals surface area contributed by atoms with Crippen LogP contribution in [0.25, 0.3) is 0 Å². The second-order valence-electron chi connectivity index (χ2n) is 4.39. The number of hydrogen-bond donors (Lipinski definition) is 1. The molecule has 2 rings (SSSR count). The predicted octanol–water partition coefficient (Wildman–Crippen LogP) is 3.06. The van der Waals surface area contributed by atoms with Crippen LogP contribution in [-0.2, 0) is 0 Å². The largest absolute Gasteiger partial charge is 0.369 e. The molecule has 0 atom stereocenters. The molecule has 0 unspecified atom stereocenters. The molecule has 1 aliphatic rings. The molecule has 1 heterocycles. The van der Waals surface area contributed by atoms with Crippen molar-refractivity contribution in [3.8, 4) is 0 Å². The van der Waals surface area contributed by atoms with Gasteiger partial charge in [0.15, 0.2) is 5.82 Å². The van der Waals surface area contributed by atoms with Gasteiger partial charge in [-0.2, -0.15) is 0 Å². The maximum Gasteiger partial charge on any atom is 0.165 e. The van der Waals surface area contributed by atoms with Crippen molar-refractivity contribution < 1.29 is 4.39 Å². The van der Waals surface area contributed by atoms with Gasteiger partial charge < -0.3 is 10.2 Å². The first-order chi connectivity index (χ1) is 8.22. The van der Waals surface area contributed by atoms with E-state index in [4.69, 9.17) is 11.6 Å². The van der Waals surface area contributed by atoms with Gasteiger partial charge in [-0.3, -0.25) is 0 Å². The average Bonchev–Trinajstić information content (AvgIpc) is 2.34. The predicted molar refractivity (Wildman–Crippen MR) is 70.3 cm³/mol. The smallest absolute Gasteiger partial charge is 0.165 e. The summed E-state index contributed by atoms with van der Waals surface area (Å²) in [6, 6.07) is 5.76. The fraction of sp³-hybridized carbons (Fsp3) is 0.538. The van der Waals surface area contributed by atoms with Gasteiger partial charge in [0, 0.05) is 19.1 Å². The summed E-state index contributed by atoms with van der Waals surface area (Å²) in [6.07, 6.45) is 2.11. The van der Waals surface area contributed by atoms with E-state index in [1.165, 1.54) is 0 Å². The number of rotatable bonds is 3. The number of halogens is 2. The Morgan fingerprint density at radius 1 is 1.41 bits per heavy atom. The molecule has 0 aliphatic carbocycles. The first-order valence-corrected chi connectivity index (χ1v) is 6.52. The molecule has 0 amide bonds. The molecule has 1 aliphatic heterocycles. The van der Waals surface area contributed by atoms with E-state index in [1.54, 1.807) is 18.2 Å². The number of anilines is 1. The molecule has 0 bridgehead atoms. The molecule has 0 saturated carbocycles. The lowest BCUT2D eigenvalue weighted by Crippen LogP contribution is -2.42. The molecule has 0 radical (unpaired) electrons. The van der Waals surface area contributed by atoms with E-state index in [0.29, 0.717) is 11.7 Å². The maximum atomic E-state index is 13.8. The van der Waals surface area contributed by atoms with Crippen molar-refractivity contribution in [3.05, 3.63) is 29.0 Å². The molecule has 0 spiro atoms. The van der Waals surface area contributed by atoms with Gasteiger partial charge in [0.05, 0.1) is 10.7 Å². The Hall–Kier alpha value is -0.800. The molecule has 2 nitrogen and oxygen atoms in total. The van der Waals surface area contributed by atoms with Crippen LogP contribution >= 0.6 is 11.6 Å². The van der Waals surface area contributed by atoms with Gasteiger partial charge in [0.25, 0.3) is 0 Å². The van der Waals surface area contributed by atoms with E-state index in [1.807, 2.05) is 0 Å². The second kappa shape index (κ2) is 5.69. The molecular weight excluding hydrogens is 239 g/mol. The second-order valence-corrected chi connectivity index (χ2v) is 4.80. The van der Waals surface area contributed by atoms with Crippen molar-refractivity contribution in [1.29, 1.82) is 0 Å². The van der Waals surface area contributed by atoms with Gasteiger partial charge in [0.1, 0.15) is 0 Å². The van der Waals surface area contributed by atoms with E-state index in [9.17, 15) is 4.39 Å². The van der Waals surface area contributed by atoms with Crippen LogP contribution in [0.4, 0.5) is 10.1 Å². The van der Waals surface area contributed by atoms with Crippen molar-refractivity contribution in [2.75, 3.05) is 24.5 Å². The quantitative estimate of drug-likeness (QED) is 0.894. The summed E-state index contributed by atoms with van der Waals surface area (Å²) in [5.74, 6) is -0.295. The molecule has 1 fully saturated rings. The van der Waals surface area contributed by atoms with Crippen LogP contribution < -0.4 is 10.2 Å². The topological polar surface area (TPSA) is 15.3 Å². The minimum absolute atomic E-state index is 0.205. The molecule has 0 aromatic heterocycles. The summed E-state index contributed by atoms with van der Waals surface area (Å²) < 4.78 is 13.8. The minimum atomic E-state index is -0.295. The number of piperidine rings is 1. The van der Waals surface area contributed by atoms with Crippen molar-refractivity contribution in [2.45, 2.75) is 25.8 Å². The Balaban J connectivity index is 2.03. The number of nitrogens with zero attached hydrogens (tertiary/aromatic N) is 1. The van der Waals surface area contributed by atoms with E-state index in [2.05, 4.69) is 17.1 Å². The highest BCUT2D eigenvalue weighted by Crippen LogP contribution is 2.27. The first-order valence-electron chi connectivity index (χ1n) is 6.14. The van der Waals surface area contributed by atoms with Gasteiger partial charge in [-0.1, -0.05) is 24.6 Å². The number of benzene rings is 1. The van der Waals surface area contributed by atoms with Crippen molar-refractivity contribution in [2.24, 2.45) is 0 Å². The highest BCUT2D eigenvalue weighted by Gasteiger charge is 2.21. The van der Waals surface area contributed by atoms with E-state index >= 15 is 0 Å². The van der Waals surface area contributed by atoms with Crippen molar-refractivity contribution >= 4 is 17.3 Å². The molecule has 1 aromatic carbocycles. The third kappa shape index (κ3) is 2.90. The van der Waals surface area contributed by atoms with E-state index < -0.39 is 0 Å². The van der Waals surface area contributed by atoms with Crippen molar-refractivity contribution in [1.82, 2.24) is 5.32 Å². The summed E-state index contributed by atoms with van der Waals surface area (Å²) in [6.45, 7) is 4.88. The summed E-state index contributed by atoms with van der Waals surface area (Å²) in [4.78, 5) is 2.08. The molecule has 1 N–H and O–H groups in total. The maximum absolute atomic E-state index is 13.8. The third-order valence-electron chi connectivity index (χ3n) is 3.26. The van der Waals surface area contributed by atoms with Gasteiger partial charge in [-0.15, -0.1) is 0 Å². The van der Waals surface area contributed by atoms with Crippen LogP contribution in [-0.4, -0.2) is 25.7 Å². The Morgan fingerprint density at radius 3 is 2.76 bits per heavy atom. The average molecular weight is 257 g/mol. The number of nitrogens with one attached hydrogen (secondary N) is 1. The summed E-state index contributed by atoms with van der Waals surface area (Å²) in [5, 5.41) is 3.64.